The van der Waals surface area contributed by atoms with E-state index in [1.807, 2.05) is 63.2 Å². The van der Waals surface area contributed by atoms with Crippen LogP contribution in [0.4, 0.5) is 10.5 Å². The number of aromatic nitrogens is 2. The van der Waals surface area contributed by atoms with Gasteiger partial charge in [-0.3, -0.25) is 19.9 Å². The van der Waals surface area contributed by atoms with Crippen LogP contribution in [0.1, 0.15) is 29.4 Å². The zero-order valence-corrected chi connectivity index (χ0v) is 19.7. The molecular weight excluding hydrogens is 440 g/mol. The van der Waals surface area contributed by atoms with E-state index in [0.29, 0.717) is 5.69 Å². The molecule has 0 aliphatic carbocycles. The monoisotopic (exact) mass is 464 g/mol. The molecule has 1 saturated heterocycles. The zero-order valence-electron chi connectivity index (χ0n) is 19.7. The number of barbiturate groups is 1. The molecule has 0 atom stereocenters. The molecule has 1 N–H and O–H groups in total. The Bertz CT molecular complexity index is 1530. The molecule has 3 heterocycles. The average Bonchev–Trinajstić information content (AvgIpc) is 3.14. The van der Waals surface area contributed by atoms with Crippen molar-refractivity contribution in [3.8, 4) is 5.69 Å². The number of carbonyl (C=O) groups is 3. The van der Waals surface area contributed by atoms with Gasteiger partial charge in [0.25, 0.3) is 11.8 Å². The fourth-order valence-electron chi connectivity index (χ4n) is 4.46. The van der Waals surface area contributed by atoms with Crippen LogP contribution in [0.25, 0.3) is 22.7 Å². The second kappa shape index (κ2) is 8.68. The second-order valence-electron chi connectivity index (χ2n) is 8.52. The quantitative estimate of drug-likeness (QED) is 0.345. The summed E-state index contributed by atoms with van der Waals surface area (Å²) in [5.74, 6) is -1.35. The number of hydrogen-bond donors (Lipinski definition) is 1. The number of imide groups is 2. The summed E-state index contributed by atoms with van der Waals surface area (Å²) >= 11 is 0. The molecule has 0 radical (unpaired) electrons. The van der Waals surface area contributed by atoms with Crippen LogP contribution in [0.5, 0.6) is 0 Å². The lowest BCUT2D eigenvalue weighted by atomic mass is 10.1. The van der Waals surface area contributed by atoms with Gasteiger partial charge >= 0.3 is 6.03 Å². The number of nitrogens with one attached hydrogen (secondary N) is 1. The highest BCUT2D eigenvalue weighted by Crippen LogP contribution is 2.27. The maximum Gasteiger partial charge on any atom is 0.335 e. The van der Waals surface area contributed by atoms with Gasteiger partial charge in [0.2, 0.25) is 0 Å². The number of pyridine rings is 1. The first-order valence-corrected chi connectivity index (χ1v) is 11.4. The van der Waals surface area contributed by atoms with E-state index in [9.17, 15) is 14.4 Å². The van der Waals surface area contributed by atoms with Crippen molar-refractivity contribution in [2.75, 3.05) is 4.90 Å². The van der Waals surface area contributed by atoms with Crippen LogP contribution in [0.3, 0.4) is 0 Å². The molecule has 7 heteroatoms. The highest BCUT2D eigenvalue weighted by molar-refractivity contribution is 6.39. The summed E-state index contributed by atoms with van der Waals surface area (Å²) < 4.78 is 2.07. The van der Waals surface area contributed by atoms with Gasteiger partial charge in [0.15, 0.2) is 0 Å². The molecule has 2 aromatic heterocycles. The molecule has 1 aliphatic heterocycles. The molecule has 4 aromatic rings. The summed E-state index contributed by atoms with van der Waals surface area (Å²) in [6, 6.07) is 18.2. The van der Waals surface area contributed by atoms with Gasteiger partial charge in [-0.15, -0.1) is 0 Å². The number of anilines is 1. The van der Waals surface area contributed by atoms with E-state index < -0.39 is 17.8 Å². The summed E-state index contributed by atoms with van der Waals surface area (Å²) in [5, 5.41) is 3.31. The van der Waals surface area contributed by atoms with Gasteiger partial charge in [0.05, 0.1) is 11.2 Å². The third kappa shape index (κ3) is 3.91. The molecule has 2 aromatic carbocycles. The standard InChI is InChI=1S/C28H24N4O3/c1-4-19-7-9-22(10-8-19)32-27(34)24(26(33)30-28(32)35)16-21-14-17(2)31(18(21)3)23-11-12-25-20(15-23)6-5-13-29-25/h5-16H,4H2,1-3H3,(H,30,33,35)/b24-16+. The van der Waals surface area contributed by atoms with Crippen LogP contribution in [-0.4, -0.2) is 27.4 Å². The van der Waals surface area contributed by atoms with E-state index in [-0.39, 0.29) is 5.57 Å². The minimum absolute atomic E-state index is 0.0906. The van der Waals surface area contributed by atoms with Gasteiger partial charge in [-0.25, -0.2) is 9.69 Å². The number of benzene rings is 2. The van der Waals surface area contributed by atoms with Crippen molar-refractivity contribution in [1.29, 1.82) is 0 Å². The Morgan fingerprint density at radius 1 is 0.943 bits per heavy atom. The van der Waals surface area contributed by atoms with Gasteiger partial charge in [-0.1, -0.05) is 25.1 Å². The molecule has 174 valence electrons. The maximum absolute atomic E-state index is 13.3. The molecule has 1 fully saturated rings. The van der Waals surface area contributed by atoms with Crippen LogP contribution >= 0.6 is 0 Å². The predicted octanol–water partition coefficient (Wildman–Crippen LogP) is 4.87. The molecule has 7 nitrogen and oxygen atoms in total. The number of hydrogen-bond acceptors (Lipinski definition) is 4. The van der Waals surface area contributed by atoms with Gasteiger partial charge in [0.1, 0.15) is 5.57 Å². The Morgan fingerprint density at radius 3 is 2.43 bits per heavy atom. The number of urea groups is 1. The number of nitrogens with zero attached hydrogens (tertiary/aromatic N) is 3. The van der Waals surface area contributed by atoms with E-state index >= 15 is 0 Å². The molecule has 0 bridgehead atoms. The van der Waals surface area contributed by atoms with Crippen LogP contribution < -0.4 is 10.2 Å². The smallest absolute Gasteiger partial charge is 0.318 e. The highest BCUT2D eigenvalue weighted by Gasteiger charge is 2.37. The molecule has 35 heavy (non-hydrogen) atoms. The summed E-state index contributed by atoms with van der Waals surface area (Å²) in [4.78, 5) is 43.8. The Hall–Kier alpha value is -4.52. The fourth-order valence-corrected chi connectivity index (χ4v) is 4.46. The summed E-state index contributed by atoms with van der Waals surface area (Å²) in [5.41, 5.74) is 5.81. The lowest BCUT2D eigenvalue weighted by Gasteiger charge is -2.26. The van der Waals surface area contributed by atoms with Crippen LogP contribution in [-0.2, 0) is 16.0 Å². The third-order valence-corrected chi connectivity index (χ3v) is 6.32. The minimum atomic E-state index is -0.753. The van der Waals surface area contributed by atoms with E-state index in [0.717, 1.165) is 50.4 Å². The molecule has 5 rings (SSSR count). The summed E-state index contributed by atoms with van der Waals surface area (Å²) in [7, 11) is 0. The third-order valence-electron chi connectivity index (χ3n) is 6.32. The molecule has 0 saturated carbocycles. The molecular formula is C28H24N4O3. The first-order chi connectivity index (χ1) is 16.9. The van der Waals surface area contributed by atoms with E-state index in [4.69, 9.17) is 0 Å². The molecule has 0 unspecified atom stereocenters. The van der Waals surface area contributed by atoms with Crippen molar-refractivity contribution in [3.63, 3.8) is 0 Å². The van der Waals surface area contributed by atoms with Crippen molar-refractivity contribution >= 4 is 40.5 Å². The van der Waals surface area contributed by atoms with Crippen LogP contribution in [0.2, 0.25) is 0 Å². The minimum Gasteiger partial charge on any atom is -0.318 e. The first-order valence-electron chi connectivity index (χ1n) is 11.4. The van der Waals surface area contributed by atoms with Crippen molar-refractivity contribution in [2.24, 2.45) is 0 Å². The SMILES string of the molecule is CCc1ccc(N2C(=O)NC(=O)/C(=C\c3cc(C)n(-c4ccc5ncccc5c4)c3C)C2=O)cc1. The van der Waals surface area contributed by atoms with Crippen LogP contribution in [0, 0.1) is 13.8 Å². The van der Waals surface area contributed by atoms with Crippen molar-refractivity contribution in [3.05, 3.63) is 94.9 Å². The number of fused-ring (bicyclic) bond motifs is 1. The maximum atomic E-state index is 13.3. The fraction of sp³-hybridized carbons (Fsp3) is 0.143. The molecule has 4 amide bonds. The van der Waals surface area contributed by atoms with Crippen molar-refractivity contribution in [2.45, 2.75) is 27.2 Å². The number of aryl methyl sites for hydroxylation is 2. The first kappa shape index (κ1) is 22.3. The van der Waals surface area contributed by atoms with Gasteiger partial charge < -0.3 is 4.57 Å². The zero-order chi connectivity index (χ0) is 24.7. The van der Waals surface area contributed by atoms with Crippen molar-refractivity contribution in [1.82, 2.24) is 14.9 Å². The van der Waals surface area contributed by atoms with E-state index in [1.54, 1.807) is 24.4 Å². The topological polar surface area (TPSA) is 84.3 Å². The molecule has 0 spiro atoms. The van der Waals surface area contributed by atoms with E-state index in [2.05, 4.69) is 20.9 Å². The number of rotatable bonds is 4. The Balaban J connectivity index is 1.54. The van der Waals surface area contributed by atoms with Gasteiger partial charge in [-0.05, 0) is 79.9 Å². The Labute approximate surface area is 202 Å². The van der Waals surface area contributed by atoms with E-state index in [1.165, 1.54) is 0 Å². The number of amides is 4. The summed E-state index contributed by atoms with van der Waals surface area (Å²) in [6.45, 7) is 5.93. The van der Waals surface area contributed by atoms with Crippen LogP contribution in [0.15, 0.2) is 72.4 Å². The lowest BCUT2D eigenvalue weighted by molar-refractivity contribution is -0.122. The van der Waals surface area contributed by atoms with Gasteiger partial charge in [0, 0.05) is 28.7 Å². The second-order valence-corrected chi connectivity index (χ2v) is 8.52. The average molecular weight is 465 g/mol. The summed E-state index contributed by atoms with van der Waals surface area (Å²) in [6.07, 6.45) is 4.16. The lowest BCUT2D eigenvalue weighted by Crippen LogP contribution is -2.54. The normalized spacial score (nSPS) is 15.2. The number of carbonyl (C=O) groups excluding carboxylic acids is 3. The Morgan fingerprint density at radius 2 is 1.69 bits per heavy atom. The van der Waals surface area contributed by atoms with Gasteiger partial charge in [-0.2, -0.15) is 0 Å². The Kier molecular flexibility index (Phi) is 5.53. The molecule has 1 aliphatic rings. The predicted molar refractivity (Wildman–Crippen MR) is 135 cm³/mol. The highest BCUT2D eigenvalue weighted by atomic mass is 16.2. The largest absolute Gasteiger partial charge is 0.335 e. The van der Waals surface area contributed by atoms with Crippen molar-refractivity contribution < 1.29 is 14.4 Å².